The minimum atomic E-state index is -3.88. The van der Waals surface area contributed by atoms with Crippen molar-refractivity contribution >= 4 is 33.2 Å². The molecule has 1 amide bonds. The second-order valence-electron chi connectivity index (χ2n) is 12.1. The van der Waals surface area contributed by atoms with E-state index in [0.29, 0.717) is 24.0 Å². The maximum atomic E-state index is 13.3. The minimum absolute atomic E-state index is 0.201. The molecule has 2 heterocycles. The predicted molar refractivity (Wildman–Crippen MR) is 160 cm³/mol. The molecule has 2 aromatic rings. The van der Waals surface area contributed by atoms with Crippen LogP contribution in [0.25, 0.3) is 0 Å². The molecule has 0 unspecified atom stereocenters. The highest BCUT2D eigenvalue weighted by atomic mass is 35.5. The quantitative estimate of drug-likeness (QED) is 0.410. The molecule has 2 bridgehead atoms. The number of amides is 1. The average Bonchev–Trinajstić information content (AvgIpc) is 3.06. The molecule has 212 valence electrons. The van der Waals surface area contributed by atoms with Crippen LogP contribution < -0.4 is 14.4 Å². The van der Waals surface area contributed by atoms with Gasteiger partial charge in [-0.2, -0.15) is 0 Å². The fourth-order valence-electron chi connectivity index (χ4n) is 6.78. The average molecular weight is 581 g/mol. The molecule has 1 saturated carbocycles. The van der Waals surface area contributed by atoms with Gasteiger partial charge >= 0.3 is 0 Å². The number of carbonyl (C=O) groups is 1. The first kappa shape index (κ1) is 27.4. The Morgan fingerprint density at radius 1 is 1.07 bits per heavy atom. The van der Waals surface area contributed by atoms with Gasteiger partial charge in [-0.3, -0.25) is 4.79 Å². The van der Waals surface area contributed by atoms with Crippen LogP contribution >= 0.6 is 11.6 Å². The first-order chi connectivity index (χ1) is 19.1. The molecule has 6 nitrogen and oxygen atoms in total. The van der Waals surface area contributed by atoms with Crippen molar-refractivity contribution in [3.8, 4) is 5.75 Å². The number of carbonyl (C=O) groups excluding carboxylic acids is 1. The van der Waals surface area contributed by atoms with Gasteiger partial charge in [-0.15, -0.1) is 0 Å². The molecular weight excluding hydrogens is 544 g/mol. The second kappa shape index (κ2) is 10.6. The molecule has 6 rings (SSSR count). The SMILES string of the molecule is C[C@@H]1[C@@H](C)/C=C\C=C\[C@@H]2CC[C@H]2CN2C[C@@]3(CCCc4cc(Cl)ccc43)COc3ccc(cc32)C(=O)NS1(=O)=O. The summed E-state index contributed by atoms with van der Waals surface area (Å²) in [6.45, 7) is 5.65. The fourth-order valence-corrected chi connectivity index (χ4v) is 8.19. The maximum Gasteiger partial charge on any atom is 0.264 e. The van der Waals surface area contributed by atoms with E-state index in [4.69, 9.17) is 16.3 Å². The Kier molecular flexibility index (Phi) is 7.24. The zero-order valence-electron chi connectivity index (χ0n) is 23.1. The Hall–Kier alpha value is -2.77. The largest absolute Gasteiger partial charge is 0.490 e. The van der Waals surface area contributed by atoms with Gasteiger partial charge in [0.1, 0.15) is 5.75 Å². The smallest absolute Gasteiger partial charge is 0.264 e. The van der Waals surface area contributed by atoms with Crippen molar-refractivity contribution in [3.05, 3.63) is 82.4 Å². The van der Waals surface area contributed by atoms with Crippen LogP contribution in [-0.4, -0.2) is 39.3 Å². The van der Waals surface area contributed by atoms with Crippen molar-refractivity contribution in [2.24, 2.45) is 17.8 Å². The molecule has 4 aliphatic rings. The van der Waals surface area contributed by atoms with Crippen LogP contribution in [0.5, 0.6) is 5.75 Å². The van der Waals surface area contributed by atoms with E-state index in [9.17, 15) is 13.2 Å². The van der Waals surface area contributed by atoms with E-state index in [2.05, 4.69) is 33.9 Å². The Balaban J connectivity index is 1.43. The van der Waals surface area contributed by atoms with Gasteiger partial charge in [0.05, 0.1) is 17.5 Å². The predicted octanol–water partition coefficient (Wildman–Crippen LogP) is 6.05. The van der Waals surface area contributed by atoms with E-state index in [1.54, 1.807) is 13.0 Å². The number of rotatable bonds is 0. The summed E-state index contributed by atoms with van der Waals surface area (Å²) in [6.07, 6.45) is 13.5. The number of hydrogen-bond donors (Lipinski definition) is 1. The molecule has 0 radical (unpaired) electrons. The molecule has 2 aromatic carbocycles. The molecule has 5 atom stereocenters. The number of nitrogens with zero attached hydrogens (tertiary/aromatic N) is 1. The molecule has 8 heteroatoms. The number of anilines is 1. The third kappa shape index (κ3) is 5.07. The van der Waals surface area contributed by atoms with E-state index >= 15 is 0 Å². The van der Waals surface area contributed by atoms with Crippen molar-refractivity contribution in [2.45, 2.75) is 56.6 Å². The molecular formula is C32H37ClN2O4S. The van der Waals surface area contributed by atoms with Crippen LogP contribution in [-0.2, 0) is 21.9 Å². The molecule has 2 aliphatic carbocycles. The van der Waals surface area contributed by atoms with Crippen LogP contribution in [0.1, 0.15) is 61.0 Å². The van der Waals surface area contributed by atoms with Gasteiger partial charge in [-0.1, -0.05) is 48.9 Å². The zero-order chi connectivity index (χ0) is 28.1. The lowest BCUT2D eigenvalue weighted by Gasteiger charge is -2.44. The van der Waals surface area contributed by atoms with E-state index < -0.39 is 21.2 Å². The Morgan fingerprint density at radius 3 is 2.70 bits per heavy atom. The lowest BCUT2D eigenvalue weighted by molar-refractivity contribution is 0.0981. The molecule has 1 spiro atoms. The Morgan fingerprint density at radius 2 is 1.90 bits per heavy atom. The Labute approximate surface area is 242 Å². The topological polar surface area (TPSA) is 75.7 Å². The monoisotopic (exact) mass is 580 g/mol. The summed E-state index contributed by atoms with van der Waals surface area (Å²) in [5.41, 5.74) is 3.55. The first-order valence-corrected chi connectivity index (χ1v) is 16.3. The summed E-state index contributed by atoms with van der Waals surface area (Å²) in [6, 6.07) is 11.5. The fraction of sp³-hybridized carbons (Fsp3) is 0.469. The van der Waals surface area contributed by atoms with Crippen LogP contribution in [0.2, 0.25) is 5.02 Å². The number of aryl methyl sites for hydroxylation is 1. The number of nitrogens with one attached hydrogen (secondary N) is 1. The number of sulfonamides is 1. The molecule has 0 saturated heterocycles. The highest BCUT2D eigenvalue weighted by Gasteiger charge is 2.43. The highest BCUT2D eigenvalue weighted by molar-refractivity contribution is 7.90. The van der Waals surface area contributed by atoms with Gasteiger partial charge in [0.2, 0.25) is 10.0 Å². The van der Waals surface area contributed by atoms with Crippen molar-refractivity contribution in [1.29, 1.82) is 0 Å². The van der Waals surface area contributed by atoms with Gasteiger partial charge in [0.25, 0.3) is 5.91 Å². The second-order valence-corrected chi connectivity index (χ2v) is 14.6. The van der Waals surface area contributed by atoms with Gasteiger partial charge in [0.15, 0.2) is 0 Å². The maximum absolute atomic E-state index is 13.3. The van der Waals surface area contributed by atoms with Crippen LogP contribution in [0, 0.1) is 17.8 Å². The number of ether oxygens (including phenoxy) is 1. The third-order valence-corrected chi connectivity index (χ3v) is 11.7. The van der Waals surface area contributed by atoms with Gasteiger partial charge in [-0.25, -0.2) is 13.1 Å². The lowest BCUT2D eigenvalue weighted by atomic mass is 9.69. The molecule has 40 heavy (non-hydrogen) atoms. The number of halogens is 1. The number of fused-ring (bicyclic) bond motifs is 4. The Bertz CT molecular complexity index is 1490. The van der Waals surface area contributed by atoms with Gasteiger partial charge < -0.3 is 9.64 Å². The van der Waals surface area contributed by atoms with E-state index in [0.717, 1.165) is 61.7 Å². The zero-order valence-corrected chi connectivity index (χ0v) is 24.7. The minimum Gasteiger partial charge on any atom is -0.490 e. The van der Waals surface area contributed by atoms with Crippen molar-refractivity contribution in [1.82, 2.24) is 4.72 Å². The standard InChI is InChI=1S/C32H37ClN2O4S/c1-21-6-3-4-7-23-9-10-26(23)18-35-19-32(15-5-8-24-16-27(33)12-13-28(24)32)20-39-30-14-11-25(17-29(30)35)31(36)34-40(37,38)22(21)2/h3-4,6-7,11-14,16-17,21-23,26H,5,8-10,15,18-20H2,1-2H3,(H,34,36)/b6-3-,7-4+/t21-,22+,23+,26-,32-/m0/s1. The highest BCUT2D eigenvalue weighted by Crippen LogP contribution is 2.46. The summed E-state index contributed by atoms with van der Waals surface area (Å²) in [7, 11) is -3.88. The summed E-state index contributed by atoms with van der Waals surface area (Å²) in [5, 5.41) is -0.00282. The molecule has 0 aromatic heterocycles. The van der Waals surface area contributed by atoms with Crippen molar-refractivity contribution < 1.29 is 17.9 Å². The summed E-state index contributed by atoms with van der Waals surface area (Å²) >= 11 is 6.38. The van der Waals surface area contributed by atoms with Crippen LogP contribution in [0.15, 0.2) is 60.7 Å². The molecule has 1 fully saturated rings. The normalized spacial score (nSPS) is 32.9. The van der Waals surface area contributed by atoms with E-state index in [1.807, 2.05) is 37.3 Å². The summed E-state index contributed by atoms with van der Waals surface area (Å²) in [4.78, 5) is 15.7. The molecule has 2 aliphatic heterocycles. The van der Waals surface area contributed by atoms with Crippen LogP contribution in [0.3, 0.4) is 0 Å². The number of hydrogen-bond acceptors (Lipinski definition) is 5. The van der Waals surface area contributed by atoms with E-state index in [-0.39, 0.29) is 11.3 Å². The van der Waals surface area contributed by atoms with Crippen LogP contribution in [0.4, 0.5) is 5.69 Å². The number of benzene rings is 2. The van der Waals surface area contributed by atoms with Gasteiger partial charge in [0, 0.05) is 29.1 Å². The third-order valence-electron chi connectivity index (χ3n) is 9.58. The molecule has 1 N–H and O–H groups in total. The van der Waals surface area contributed by atoms with Crippen molar-refractivity contribution in [2.75, 3.05) is 24.6 Å². The van der Waals surface area contributed by atoms with E-state index in [1.165, 1.54) is 11.1 Å². The lowest BCUT2D eigenvalue weighted by Crippen LogP contribution is -2.48. The van der Waals surface area contributed by atoms with Gasteiger partial charge in [-0.05, 0) is 98.2 Å². The summed E-state index contributed by atoms with van der Waals surface area (Å²) < 4.78 is 35.0. The first-order valence-electron chi connectivity index (χ1n) is 14.4. The van der Waals surface area contributed by atoms with Crippen molar-refractivity contribution in [3.63, 3.8) is 0 Å². The summed E-state index contributed by atoms with van der Waals surface area (Å²) in [5.74, 6) is 0.815. The number of allylic oxidation sites excluding steroid dienone is 4.